The molecular weight excluding hydrogens is 549 g/mol. The lowest BCUT2D eigenvalue weighted by Crippen LogP contribution is -2.47. The number of benzene rings is 3. The predicted octanol–water partition coefficient (Wildman–Crippen LogP) is 5.56. The molecule has 0 atom stereocenters. The molecular formula is C31H35Cl2N3O4. The van der Waals surface area contributed by atoms with Crippen molar-refractivity contribution in [2.45, 2.75) is 13.3 Å². The van der Waals surface area contributed by atoms with Crippen LogP contribution in [0.25, 0.3) is 22.3 Å². The molecule has 0 saturated carbocycles. The summed E-state index contributed by atoms with van der Waals surface area (Å²) in [6, 6.07) is 22.8. The quantitative estimate of drug-likeness (QED) is 0.274. The zero-order chi connectivity index (χ0) is 26.5. The number of hydrogen-bond acceptors (Lipinski definition) is 6. The molecule has 5 rings (SSSR count). The summed E-state index contributed by atoms with van der Waals surface area (Å²) in [6.07, 6.45) is 0.837. The van der Waals surface area contributed by atoms with E-state index in [1.807, 2.05) is 48.5 Å². The molecule has 1 amide bonds. The van der Waals surface area contributed by atoms with Crippen molar-refractivity contribution in [2.24, 2.45) is 0 Å². The number of para-hydroxylation sites is 3. The second-order valence-corrected chi connectivity index (χ2v) is 9.54. The zero-order valence-corrected chi connectivity index (χ0v) is 24.4. The molecule has 212 valence electrons. The van der Waals surface area contributed by atoms with Crippen LogP contribution in [-0.2, 0) is 0 Å². The number of halogens is 2. The summed E-state index contributed by atoms with van der Waals surface area (Å²) in [7, 11) is 1.71. The molecule has 1 fully saturated rings. The first kappa shape index (κ1) is 31.0. The van der Waals surface area contributed by atoms with E-state index in [2.05, 4.69) is 21.2 Å². The number of piperazine rings is 1. The molecule has 0 spiro atoms. The molecule has 1 aromatic heterocycles. The van der Waals surface area contributed by atoms with E-state index in [4.69, 9.17) is 9.15 Å². The number of carbonyl (C=O) groups excluding carboxylic acids is 1. The van der Waals surface area contributed by atoms with Crippen LogP contribution in [0.1, 0.15) is 22.3 Å². The van der Waals surface area contributed by atoms with Crippen LogP contribution in [0.2, 0.25) is 0 Å². The van der Waals surface area contributed by atoms with Crippen molar-refractivity contribution in [1.29, 1.82) is 0 Å². The maximum Gasteiger partial charge on any atom is 0.255 e. The third-order valence-corrected chi connectivity index (χ3v) is 7.16. The second kappa shape index (κ2) is 14.2. The molecule has 4 aromatic rings. The van der Waals surface area contributed by atoms with Gasteiger partial charge in [0.05, 0.1) is 23.7 Å². The number of carbonyl (C=O) groups is 1. The number of ether oxygens (including phenoxy) is 1. The highest BCUT2D eigenvalue weighted by molar-refractivity contribution is 6.05. The SMILES string of the molecule is COc1ccccc1N1CCN(CCCNC(=O)c2cccc3c(=O)c(C)c(-c4ccccc4)oc23)CC1.Cl.Cl. The topological polar surface area (TPSA) is 75.0 Å². The lowest BCUT2D eigenvalue weighted by Gasteiger charge is -2.36. The summed E-state index contributed by atoms with van der Waals surface area (Å²) in [6.45, 7) is 7.00. The van der Waals surface area contributed by atoms with Gasteiger partial charge in [-0.05, 0) is 44.2 Å². The molecule has 40 heavy (non-hydrogen) atoms. The van der Waals surface area contributed by atoms with Gasteiger partial charge in [-0.1, -0.05) is 48.5 Å². The third kappa shape index (κ3) is 6.61. The fraction of sp³-hybridized carbons (Fsp3) is 0.290. The summed E-state index contributed by atoms with van der Waals surface area (Å²) < 4.78 is 11.7. The maximum atomic E-state index is 13.1. The van der Waals surface area contributed by atoms with Crippen LogP contribution in [0, 0.1) is 6.92 Å². The molecule has 1 N–H and O–H groups in total. The van der Waals surface area contributed by atoms with Gasteiger partial charge in [-0.2, -0.15) is 0 Å². The van der Waals surface area contributed by atoms with Gasteiger partial charge in [-0.25, -0.2) is 0 Å². The van der Waals surface area contributed by atoms with Crippen LogP contribution >= 0.6 is 24.8 Å². The van der Waals surface area contributed by atoms with Gasteiger partial charge in [0, 0.05) is 43.9 Å². The highest BCUT2D eigenvalue weighted by Crippen LogP contribution is 2.29. The fourth-order valence-electron chi connectivity index (χ4n) is 5.06. The average molecular weight is 585 g/mol. The Morgan fingerprint density at radius 3 is 2.35 bits per heavy atom. The normalized spacial score (nSPS) is 13.3. The highest BCUT2D eigenvalue weighted by atomic mass is 35.5. The van der Waals surface area contributed by atoms with Crippen LogP contribution < -0.4 is 20.4 Å². The van der Waals surface area contributed by atoms with Gasteiger partial charge >= 0.3 is 0 Å². The van der Waals surface area contributed by atoms with Crippen LogP contribution in [-0.4, -0.2) is 57.2 Å². The van der Waals surface area contributed by atoms with E-state index in [9.17, 15) is 9.59 Å². The summed E-state index contributed by atoms with van der Waals surface area (Å²) in [5.41, 5.74) is 3.06. The Hall–Kier alpha value is -3.52. The molecule has 0 bridgehead atoms. The van der Waals surface area contributed by atoms with Crippen molar-refractivity contribution in [2.75, 3.05) is 51.3 Å². The van der Waals surface area contributed by atoms with Gasteiger partial charge in [-0.3, -0.25) is 14.5 Å². The van der Waals surface area contributed by atoms with E-state index < -0.39 is 0 Å². The van der Waals surface area contributed by atoms with Crippen molar-refractivity contribution in [3.05, 3.63) is 94.1 Å². The van der Waals surface area contributed by atoms with Crippen molar-refractivity contribution >= 4 is 47.4 Å². The van der Waals surface area contributed by atoms with E-state index >= 15 is 0 Å². The number of nitrogens with one attached hydrogen (secondary N) is 1. The van der Waals surface area contributed by atoms with E-state index in [1.54, 1.807) is 32.2 Å². The number of fused-ring (bicyclic) bond motifs is 1. The Balaban J connectivity index is 0.00000220. The van der Waals surface area contributed by atoms with Gasteiger partial charge < -0.3 is 19.4 Å². The molecule has 1 aliphatic rings. The van der Waals surface area contributed by atoms with Crippen LogP contribution in [0.5, 0.6) is 5.75 Å². The van der Waals surface area contributed by atoms with Crippen molar-refractivity contribution < 1.29 is 13.9 Å². The van der Waals surface area contributed by atoms with Gasteiger partial charge in [0.2, 0.25) is 0 Å². The third-order valence-electron chi connectivity index (χ3n) is 7.16. The Morgan fingerprint density at radius 1 is 0.925 bits per heavy atom. The Kier molecular flexibility index (Phi) is 11.0. The Bertz CT molecular complexity index is 1490. The molecule has 7 nitrogen and oxygen atoms in total. The Labute approximate surface area is 246 Å². The molecule has 0 unspecified atom stereocenters. The van der Waals surface area contributed by atoms with Crippen molar-refractivity contribution in [1.82, 2.24) is 10.2 Å². The van der Waals surface area contributed by atoms with E-state index in [1.165, 1.54) is 0 Å². The first-order chi connectivity index (χ1) is 18.6. The minimum atomic E-state index is -0.234. The number of amides is 1. The number of hydrogen-bond donors (Lipinski definition) is 1. The average Bonchev–Trinajstić information content (AvgIpc) is 2.97. The van der Waals surface area contributed by atoms with Crippen LogP contribution in [0.15, 0.2) is 82.0 Å². The largest absolute Gasteiger partial charge is 0.495 e. The zero-order valence-electron chi connectivity index (χ0n) is 22.7. The fourth-order valence-corrected chi connectivity index (χ4v) is 5.06. The number of rotatable bonds is 8. The monoisotopic (exact) mass is 583 g/mol. The van der Waals surface area contributed by atoms with Crippen LogP contribution in [0.3, 0.4) is 0 Å². The maximum absolute atomic E-state index is 13.1. The molecule has 1 saturated heterocycles. The molecule has 0 aliphatic carbocycles. The molecule has 1 aliphatic heterocycles. The second-order valence-electron chi connectivity index (χ2n) is 9.54. The molecule has 0 radical (unpaired) electrons. The minimum Gasteiger partial charge on any atom is -0.495 e. The van der Waals surface area contributed by atoms with Crippen molar-refractivity contribution in [3.8, 4) is 17.1 Å². The molecule has 9 heteroatoms. The highest BCUT2D eigenvalue weighted by Gasteiger charge is 2.20. The first-order valence-electron chi connectivity index (χ1n) is 13.1. The van der Waals surface area contributed by atoms with Gasteiger partial charge in [0.1, 0.15) is 11.5 Å². The molecule has 3 aromatic carbocycles. The Morgan fingerprint density at radius 2 is 1.62 bits per heavy atom. The van der Waals surface area contributed by atoms with E-state index in [0.29, 0.717) is 34.4 Å². The molecule has 2 heterocycles. The van der Waals surface area contributed by atoms with Crippen LogP contribution in [0.4, 0.5) is 5.69 Å². The minimum absolute atomic E-state index is 0. The van der Waals surface area contributed by atoms with E-state index in [-0.39, 0.29) is 36.2 Å². The van der Waals surface area contributed by atoms with Gasteiger partial charge in [-0.15, -0.1) is 24.8 Å². The number of nitrogens with zero attached hydrogens (tertiary/aromatic N) is 2. The summed E-state index contributed by atoms with van der Waals surface area (Å²) in [5, 5.41) is 3.44. The van der Waals surface area contributed by atoms with Crippen molar-refractivity contribution in [3.63, 3.8) is 0 Å². The summed E-state index contributed by atoms with van der Waals surface area (Å²) >= 11 is 0. The first-order valence-corrected chi connectivity index (χ1v) is 13.1. The number of anilines is 1. The lowest BCUT2D eigenvalue weighted by atomic mass is 10.0. The van der Waals surface area contributed by atoms with Gasteiger partial charge in [0.15, 0.2) is 11.0 Å². The standard InChI is InChI=1S/C31H33N3O4.2ClH/c1-22-28(35)24-12-8-13-25(30(24)38-29(22)23-10-4-3-5-11-23)31(36)32-16-9-17-33-18-20-34(21-19-33)26-14-6-7-15-27(26)37-2;;/h3-8,10-15H,9,16-21H2,1-2H3,(H,32,36);2*1H. The van der Waals surface area contributed by atoms with Gasteiger partial charge in [0.25, 0.3) is 5.91 Å². The van der Waals surface area contributed by atoms with E-state index in [0.717, 1.165) is 56.1 Å². The lowest BCUT2D eigenvalue weighted by molar-refractivity contribution is 0.0952. The smallest absolute Gasteiger partial charge is 0.255 e. The summed E-state index contributed by atoms with van der Waals surface area (Å²) in [4.78, 5) is 31.0. The number of methoxy groups -OCH3 is 1. The summed E-state index contributed by atoms with van der Waals surface area (Å²) in [5.74, 6) is 1.16. The predicted molar refractivity (Wildman–Crippen MR) is 166 cm³/mol.